The van der Waals surface area contributed by atoms with Crippen LogP contribution in [0.15, 0.2) is 33.5 Å². The number of carbonyl (C=O) groups is 3. The Morgan fingerprint density at radius 1 is 1.21 bits per heavy atom. The highest BCUT2D eigenvalue weighted by molar-refractivity contribution is 6.31. The third kappa shape index (κ3) is 6.35. The molecule has 1 aliphatic rings. The maximum Gasteiger partial charge on any atom is 0.728 e. The molecule has 1 heterocycles. The number of halogens is 1. The minimum atomic E-state index is -0.807. The first-order valence-electron chi connectivity index (χ1n) is 10.9. The van der Waals surface area contributed by atoms with E-state index in [1.54, 1.807) is 33.9 Å². The molecule has 9 nitrogen and oxygen atoms in total. The van der Waals surface area contributed by atoms with Crippen LogP contribution in [0.2, 0.25) is 5.02 Å². The van der Waals surface area contributed by atoms with Crippen molar-refractivity contribution in [3.05, 3.63) is 50.1 Å². The van der Waals surface area contributed by atoms with Gasteiger partial charge in [-0.05, 0) is 58.2 Å². The number of hydrogen-bond donors (Lipinski definition) is 2. The molecule has 34 heavy (non-hydrogen) atoms. The molecule has 1 saturated carbocycles. The highest BCUT2D eigenvalue weighted by atomic mass is 35.5. The van der Waals surface area contributed by atoms with Crippen molar-refractivity contribution in [2.45, 2.75) is 51.7 Å². The summed E-state index contributed by atoms with van der Waals surface area (Å²) in [5.74, 6) is -1.73. The van der Waals surface area contributed by atoms with Crippen LogP contribution in [-0.2, 0) is 9.53 Å². The summed E-state index contributed by atoms with van der Waals surface area (Å²) in [6.45, 7) is 5.16. The normalized spacial score (nSPS) is 20.1. The Bertz CT molecular complexity index is 1240. The SMILES string of the molecule is CNC(=O)[C@H]1CC[C@H](NC(=O)c2cc(=O)c3cc(Cl)ccc3o2)C(C#[N+]C(=O)OC(C)(C)C)C1. The fourth-order valence-corrected chi connectivity index (χ4v) is 4.00. The number of nitrogens with zero attached hydrogens (tertiary/aromatic N) is 1. The Kier molecular flexibility index (Phi) is 7.62. The van der Waals surface area contributed by atoms with Crippen molar-refractivity contribution < 1.29 is 23.5 Å². The molecule has 2 N–H and O–H groups in total. The third-order valence-corrected chi connectivity index (χ3v) is 5.65. The summed E-state index contributed by atoms with van der Waals surface area (Å²) in [5.41, 5.74) is -0.878. The van der Waals surface area contributed by atoms with Crippen molar-refractivity contribution in [1.29, 1.82) is 0 Å². The minimum Gasteiger partial charge on any atom is -0.451 e. The van der Waals surface area contributed by atoms with Crippen molar-refractivity contribution in [3.8, 4) is 6.07 Å². The molecule has 0 bridgehead atoms. The predicted octanol–water partition coefficient (Wildman–Crippen LogP) is 3.98. The average molecular weight is 489 g/mol. The number of benzene rings is 1. The zero-order valence-corrected chi connectivity index (χ0v) is 20.2. The molecule has 3 atom stereocenters. The van der Waals surface area contributed by atoms with Crippen LogP contribution >= 0.6 is 11.6 Å². The van der Waals surface area contributed by atoms with Crippen molar-refractivity contribution in [2.75, 3.05) is 7.05 Å². The number of hydrogen-bond acceptors (Lipinski definition) is 6. The molecule has 1 aromatic carbocycles. The van der Waals surface area contributed by atoms with Crippen molar-refractivity contribution in [3.63, 3.8) is 0 Å². The Labute approximate surface area is 201 Å². The molecule has 1 unspecified atom stereocenters. The summed E-state index contributed by atoms with van der Waals surface area (Å²) in [5, 5.41) is 6.11. The third-order valence-electron chi connectivity index (χ3n) is 5.41. The number of ether oxygens (including phenoxy) is 1. The van der Waals surface area contributed by atoms with Gasteiger partial charge in [-0.3, -0.25) is 14.4 Å². The molecule has 180 valence electrons. The number of rotatable bonds is 3. The van der Waals surface area contributed by atoms with Crippen molar-refractivity contribution >= 4 is 40.5 Å². The lowest BCUT2D eigenvalue weighted by molar-refractivity contribution is -0.125. The summed E-state index contributed by atoms with van der Waals surface area (Å²) in [4.78, 5) is 53.3. The molecule has 1 aromatic heterocycles. The van der Waals surface area contributed by atoms with Gasteiger partial charge in [0.25, 0.3) is 12.0 Å². The number of nitrogens with one attached hydrogen (secondary N) is 2. The maximum absolute atomic E-state index is 12.9. The van der Waals surface area contributed by atoms with E-state index in [-0.39, 0.29) is 28.6 Å². The molecular formula is C24H27ClN3O6+. The Hall–Kier alpha value is -3.38. The van der Waals surface area contributed by atoms with Gasteiger partial charge in [-0.1, -0.05) is 11.6 Å². The van der Waals surface area contributed by atoms with E-state index in [4.69, 9.17) is 20.8 Å². The monoisotopic (exact) mass is 488 g/mol. The van der Waals surface area contributed by atoms with Gasteiger partial charge in [0.1, 0.15) is 17.1 Å². The second-order valence-corrected chi connectivity index (χ2v) is 9.58. The van der Waals surface area contributed by atoms with E-state index in [2.05, 4.69) is 21.5 Å². The molecular weight excluding hydrogens is 462 g/mol. The standard InChI is InChI=1S/C24H26ClN3O6/c1-24(2,3)34-23(32)27-12-14-9-13(21(30)26-4)5-7-17(14)28-22(31)20-11-18(29)16-10-15(25)6-8-19(16)33-20/h6,8,10-11,13-14,17H,5,7,9H2,1-4H3,(H-,26,28,30,31)/p+1/t13-,14?,17-/m0/s1. The van der Waals surface area contributed by atoms with Crippen LogP contribution in [-0.4, -0.2) is 36.6 Å². The fourth-order valence-electron chi connectivity index (χ4n) is 3.83. The summed E-state index contributed by atoms with van der Waals surface area (Å²) < 4.78 is 10.8. The van der Waals surface area contributed by atoms with Gasteiger partial charge in [0, 0.05) is 30.1 Å². The topological polar surface area (TPSA) is 119 Å². The van der Waals surface area contributed by atoms with Gasteiger partial charge in [0.15, 0.2) is 11.2 Å². The first kappa shape index (κ1) is 25.2. The number of amides is 3. The van der Waals surface area contributed by atoms with Crippen LogP contribution in [0, 0.1) is 17.9 Å². The van der Waals surface area contributed by atoms with Crippen LogP contribution in [0.25, 0.3) is 15.8 Å². The lowest BCUT2D eigenvalue weighted by atomic mass is 9.78. The van der Waals surface area contributed by atoms with E-state index in [0.717, 1.165) is 6.07 Å². The quantitative estimate of drug-likeness (QED) is 0.674. The molecule has 1 fully saturated rings. The number of carbonyl (C=O) groups excluding carboxylic acids is 3. The van der Waals surface area contributed by atoms with Crippen molar-refractivity contribution in [1.82, 2.24) is 10.6 Å². The summed E-state index contributed by atoms with van der Waals surface area (Å²) in [7, 11) is 1.55. The van der Waals surface area contributed by atoms with Gasteiger partial charge >= 0.3 is 6.09 Å². The molecule has 3 rings (SSSR count). The Morgan fingerprint density at radius 2 is 1.94 bits per heavy atom. The second-order valence-electron chi connectivity index (χ2n) is 9.15. The summed E-state index contributed by atoms with van der Waals surface area (Å²) >= 11 is 5.93. The Balaban J connectivity index is 1.83. The summed E-state index contributed by atoms with van der Waals surface area (Å²) in [6.07, 6.45) is 0.490. The van der Waals surface area contributed by atoms with Crippen molar-refractivity contribution in [2.24, 2.45) is 11.8 Å². The van der Waals surface area contributed by atoms with Gasteiger partial charge in [0.2, 0.25) is 5.91 Å². The van der Waals surface area contributed by atoms with E-state index in [1.807, 2.05) is 0 Å². The van der Waals surface area contributed by atoms with Gasteiger partial charge < -0.3 is 19.8 Å². The van der Waals surface area contributed by atoms with E-state index >= 15 is 0 Å². The molecule has 0 radical (unpaired) electrons. The number of fused-ring (bicyclic) bond motifs is 1. The lowest BCUT2D eigenvalue weighted by Crippen LogP contribution is -2.45. The molecule has 10 heteroatoms. The summed E-state index contributed by atoms with van der Waals surface area (Å²) in [6, 6.07) is 7.94. The van der Waals surface area contributed by atoms with Crippen LogP contribution in [0.4, 0.5) is 4.79 Å². The zero-order chi connectivity index (χ0) is 25.0. The minimum absolute atomic E-state index is 0.131. The van der Waals surface area contributed by atoms with E-state index < -0.39 is 35.0 Å². The van der Waals surface area contributed by atoms with E-state index in [0.29, 0.717) is 24.3 Å². The lowest BCUT2D eigenvalue weighted by Gasteiger charge is -2.30. The molecule has 2 aromatic rings. The zero-order valence-electron chi connectivity index (χ0n) is 19.4. The maximum atomic E-state index is 12.9. The molecule has 3 amide bonds. The average Bonchev–Trinajstić information content (AvgIpc) is 2.77. The molecule has 0 spiro atoms. The highest BCUT2D eigenvalue weighted by Gasteiger charge is 2.38. The Morgan fingerprint density at radius 3 is 2.62 bits per heavy atom. The predicted molar refractivity (Wildman–Crippen MR) is 127 cm³/mol. The van der Waals surface area contributed by atoms with Crippen LogP contribution in [0.5, 0.6) is 0 Å². The fraction of sp³-hybridized carbons (Fsp3) is 0.458. The van der Waals surface area contributed by atoms with Crippen LogP contribution in [0.1, 0.15) is 50.6 Å². The molecule has 1 aliphatic carbocycles. The van der Waals surface area contributed by atoms with Gasteiger partial charge in [-0.15, -0.1) is 0 Å². The first-order chi connectivity index (χ1) is 16.0. The van der Waals surface area contributed by atoms with E-state index in [9.17, 15) is 19.2 Å². The largest absolute Gasteiger partial charge is 0.728 e. The molecule has 0 saturated heterocycles. The molecule has 0 aliphatic heterocycles. The smallest absolute Gasteiger partial charge is 0.451 e. The van der Waals surface area contributed by atoms with Gasteiger partial charge in [-0.25, -0.2) is 0 Å². The van der Waals surface area contributed by atoms with Gasteiger partial charge in [-0.2, -0.15) is 4.79 Å². The van der Waals surface area contributed by atoms with Gasteiger partial charge in [0.05, 0.1) is 10.2 Å². The van der Waals surface area contributed by atoms with E-state index in [1.165, 1.54) is 12.1 Å². The van der Waals surface area contributed by atoms with Crippen LogP contribution in [0.3, 0.4) is 0 Å². The second kappa shape index (κ2) is 10.3. The van der Waals surface area contributed by atoms with Crippen LogP contribution < -0.4 is 16.1 Å². The first-order valence-corrected chi connectivity index (χ1v) is 11.3. The highest BCUT2D eigenvalue weighted by Crippen LogP contribution is 2.30.